The van der Waals surface area contributed by atoms with Crippen LogP contribution in [-0.4, -0.2) is 33.4 Å². The van der Waals surface area contributed by atoms with Crippen LogP contribution in [0.2, 0.25) is 0 Å². The molecule has 0 aliphatic rings. The molecular weight excluding hydrogens is 248 g/mol. The van der Waals surface area contributed by atoms with E-state index in [1.165, 1.54) is 10.9 Å². The molecule has 2 atom stereocenters. The minimum absolute atomic E-state index is 0.354. The molecule has 2 amide bonds. The number of aromatic nitrogens is 2. The number of amides is 2. The molecule has 0 saturated heterocycles. The fourth-order valence-electron chi connectivity index (χ4n) is 1.47. The molecule has 0 fully saturated rings. The van der Waals surface area contributed by atoms with E-state index >= 15 is 0 Å². The summed E-state index contributed by atoms with van der Waals surface area (Å²) in [4.78, 5) is 22.8. The molecule has 0 aliphatic carbocycles. The number of carbonyl (C=O) groups is 2. The van der Waals surface area contributed by atoms with Gasteiger partial charge in [0.15, 0.2) is 6.04 Å². The predicted molar refractivity (Wildman–Crippen MR) is 69.6 cm³/mol. The fraction of sp³-hybridized carbons (Fsp3) is 0.583. The monoisotopic (exact) mass is 268 g/mol. The summed E-state index contributed by atoms with van der Waals surface area (Å²) >= 11 is 0. The topological polar surface area (TPSA) is 96.2 Å². The predicted octanol–water partition coefficient (Wildman–Crippen LogP) is 0.891. The molecular formula is C12H20N4O3. The van der Waals surface area contributed by atoms with Gasteiger partial charge in [-0.2, -0.15) is 5.10 Å². The molecule has 0 saturated carbocycles. The molecule has 0 aliphatic heterocycles. The van der Waals surface area contributed by atoms with Gasteiger partial charge >= 0.3 is 12.0 Å². The minimum atomic E-state index is -1.12. The summed E-state index contributed by atoms with van der Waals surface area (Å²) in [5.41, 5.74) is 0.439. The number of carboxylic acids is 1. The molecule has 2 unspecified atom stereocenters. The van der Waals surface area contributed by atoms with Crippen molar-refractivity contribution in [3.8, 4) is 0 Å². The molecule has 0 spiro atoms. The van der Waals surface area contributed by atoms with E-state index in [9.17, 15) is 9.59 Å². The van der Waals surface area contributed by atoms with Crippen molar-refractivity contribution in [2.24, 2.45) is 13.0 Å². The Labute approximate surface area is 112 Å². The Balaban J connectivity index is 2.60. The maximum absolute atomic E-state index is 11.6. The van der Waals surface area contributed by atoms with Gasteiger partial charge in [0.05, 0.1) is 6.20 Å². The van der Waals surface area contributed by atoms with Crippen LogP contribution in [0.4, 0.5) is 4.79 Å². The smallest absolute Gasteiger partial charge is 0.331 e. The standard InChI is InChI=1S/C12H20N4O3/c1-4-8(2)5-13-12(19)15-10(11(17)18)9-6-14-16(3)7-9/h6-8,10H,4-5H2,1-3H3,(H,17,18)(H2,13,15,19). The zero-order valence-corrected chi connectivity index (χ0v) is 11.4. The van der Waals surface area contributed by atoms with E-state index in [-0.39, 0.29) is 0 Å². The van der Waals surface area contributed by atoms with E-state index in [1.54, 1.807) is 13.2 Å². The van der Waals surface area contributed by atoms with E-state index < -0.39 is 18.0 Å². The third-order valence-electron chi connectivity index (χ3n) is 2.89. The summed E-state index contributed by atoms with van der Waals surface area (Å²) in [5, 5.41) is 18.1. The second-order valence-electron chi connectivity index (χ2n) is 4.59. The van der Waals surface area contributed by atoms with Crippen molar-refractivity contribution in [3.63, 3.8) is 0 Å². The molecule has 3 N–H and O–H groups in total. The second kappa shape index (κ2) is 6.77. The lowest BCUT2D eigenvalue weighted by Crippen LogP contribution is -2.42. The van der Waals surface area contributed by atoms with Crippen molar-refractivity contribution in [3.05, 3.63) is 18.0 Å². The van der Waals surface area contributed by atoms with Gasteiger partial charge in [-0.3, -0.25) is 4.68 Å². The van der Waals surface area contributed by atoms with Crippen LogP contribution in [0.1, 0.15) is 31.9 Å². The number of hydrogen-bond acceptors (Lipinski definition) is 3. The SMILES string of the molecule is CCC(C)CNC(=O)NC(C(=O)O)c1cnn(C)c1. The fourth-order valence-corrected chi connectivity index (χ4v) is 1.47. The van der Waals surface area contributed by atoms with Gasteiger partial charge in [-0.15, -0.1) is 0 Å². The van der Waals surface area contributed by atoms with E-state index in [0.29, 0.717) is 18.0 Å². The molecule has 7 heteroatoms. The maximum Gasteiger partial charge on any atom is 0.331 e. The summed E-state index contributed by atoms with van der Waals surface area (Å²) in [6, 6.07) is -1.58. The number of aliphatic carboxylic acids is 1. The zero-order valence-electron chi connectivity index (χ0n) is 11.4. The van der Waals surface area contributed by atoms with Crippen LogP contribution >= 0.6 is 0 Å². The van der Waals surface area contributed by atoms with Crippen molar-refractivity contribution in [2.75, 3.05) is 6.54 Å². The van der Waals surface area contributed by atoms with Crippen LogP contribution in [0.5, 0.6) is 0 Å². The minimum Gasteiger partial charge on any atom is -0.479 e. The normalized spacial score (nSPS) is 13.6. The Morgan fingerprint density at radius 2 is 2.21 bits per heavy atom. The summed E-state index contributed by atoms with van der Waals surface area (Å²) in [7, 11) is 1.69. The summed E-state index contributed by atoms with van der Waals surface area (Å²) in [6.45, 7) is 4.55. The van der Waals surface area contributed by atoms with Crippen LogP contribution in [0.3, 0.4) is 0 Å². The first-order valence-corrected chi connectivity index (χ1v) is 6.19. The molecule has 19 heavy (non-hydrogen) atoms. The quantitative estimate of drug-likeness (QED) is 0.714. The number of hydrogen-bond donors (Lipinski definition) is 3. The summed E-state index contributed by atoms with van der Waals surface area (Å²) < 4.78 is 1.49. The van der Waals surface area contributed by atoms with Crippen LogP contribution in [-0.2, 0) is 11.8 Å². The lowest BCUT2D eigenvalue weighted by molar-refractivity contribution is -0.139. The Kier molecular flexibility index (Phi) is 5.35. The van der Waals surface area contributed by atoms with Crippen LogP contribution in [0.25, 0.3) is 0 Å². The van der Waals surface area contributed by atoms with Gasteiger partial charge < -0.3 is 15.7 Å². The lowest BCUT2D eigenvalue weighted by atomic mass is 10.1. The van der Waals surface area contributed by atoms with Crippen molar-refractivity contribution in [1.29, 1.82) is 0 Å². The van der Waals surface area contributed by atoms with E-state index in [4.69, 9.17) is 5.11 Å². The van der Waals surface area contributed by atoms with Gasteiger partial charge in [0.2, 0.25) is 0 Å². The number of carboxylic acid groups (broad SMARTS) is 1. The largest absolute Gasteiger partial charge is 0.479 e. The van der Waals surface area contributed by atoms with E-state index in [1.807, 2.05) is 13.8 Å². The Hall–Kier alpha value is -2.05. The van der Waals surface area contributed by atoms with Crippen molar-refractivity contribution in [1.82, 2.24) is 20.4 Å². The zero-order chi connectivity index (χ0) is 14.4. The van der Waals surface area contributed by atoms with Crippen molar-refractivity contribution >= 4 is 12.0 Å². The molecule has 0 aromatic carbocycles. The third-order valence-corrected chi connectivity index (χ3v) is 2.89. The van der Waals surface area contributed by atoms with Crippen LogP contribution < -0.4 is 10.6 Å². The Bertz CT molecular complexity index is 444. The number of aryl methyl sites for hydroxylation is 1. The molecule has 1 aromatic heterocycles. The Morgan fingerprint density at radius 1 is 1.53 bits per heavy atom. The highest BCUT2D eigenvalue weighted by Crippen LogP contribution is 2.11. The van der Waals surface area contributed by atoms with Gasteiger partial charge in [-0.05, 0) is 5.92 Å². The highest BCUT2D eigenvalue weighted by Gasteiger charge is 2.23. The number of urea groups is 1. The number of nitrogens with zero attached hydrogens (tertiary/aromatic N) is 2. The second-order valence-corrected chi connectivity index (χ2v) is 4.59. The first-order valence-electron chi connectivity index (χ1n) is 6.19. The lowest BCUT2D eigenvalue weighted by Gasteiger charge is -2.15. The summed E-state index contributed by atoms with van der Waals surface area (Å²) in [6.07, 6.45) is 3.94. The van der Waals surface area contributed by atoms with E-state index in [2.05, 4.69) is 15.7 Å². The molecule has 1 aromatic rings. The number of rotatable bonds is 6. The van der Waals surface area contributed by atoms with Gasteiger partial charge in [0.25, 0.3) is 0 Å². The van der Waals surface area contributed by atoms with Crippen LogP contribution in [0, 0.1) is 5.92 Å². The Morgan fingerprint density at radius 3 is 2.68 bits per heavy atom. The van der Waals surface area contributed by atoms with E-state index in [0.717, 1.165) is 6.42 Å². The number of nitrogens with one attached hydrogen (secondary N) is 2. The van der Waals surface area contributed by atoms with Gasteiger partial charge in [0.1, 0.15) is 0 Å². The molecule has 0 bridgehead atoms. The average Bonchev–Trinajstić information content (AvgIpc) is 2.78. The highest BCUT2D eigenvalue weighted by molar-refractivity contribution is 5.83. The molecule has 0 radical (unpaired) electrons. The van der Waals surface area contributed by atoms with Gasteiger partial charge in [-0.25, -0.2) is 9.59 Å². The van der Waals surface area contributed by atoms with Gasteiger partial charge in [0, 0.05) is 25.4 Å². The molecule has 7 nitrogen and oxygen atoms in total. The third kappa shape index (κ3) is 4.61. The first-order chi connectivity index (χ1) is 8.93. The van der Waals surface area contributed by atoms with Crippen molar-refractivity contribution < 1.29 is 14.7 Å². The first kappa shape index (κ1) is 15.0. The molecule has 106 valence electrons. The maximum atomic E-state index is 11.6. The summed E-state index contributed by atoms with van der Waals surface area (Å²) in [5.74, 6) is -0.765. The average molecular weight is 268 g/mol. The van der Waals surface area contributed by atoms with Gasteiger partial charge in [-0.1, -0.05) is 20.3 Å². The molecule has 1 rings (SSSR count). The van der Waals surface area contributed by atoms with Crippen molar-refractivity contribution in [2.45, 2.75) is 26.3 Å². The highest BCUT2D eigenvalue weighted by atomic mass is 16.4. The van der Waals surface area contributed by atoms with Crippen LogP contribution in [0.15, 0.2) is 12.4 Å². The number of carbonyl (C=O) groups excluding carboxylic acids is 1. The molecule has 1 heterocycles.